The van der Waals surface area contributed by atoms with Gasteiger partial charge in [-0.15, -0.1) is 0 Å². The summed E-state index contributed by atoms with van der Waals surface area (Å²) in [5, 5.41) is 38.2. The first-order chi connectivity index (χ1) is 12.4. The molecule has 0 unspecified atom stereocenters. The molecule has 0 saturated carbocycles. The molecule has 0 bridgehead atoms. The second kappa shape index (κ2) is 5.55. The number of phenols is 4. The number of phenolic OH excluding ortho intramolecular Hbond substituents is 4. The van der Waals surface area contributed by atoms with E-state index >= 15 is 0 Å². The Balaban J connectivity index is 1.71. The van der Waals surface area contributed by atoms with Crippen LogP contribution in [0.25, 0.3) is 0 Å². The van der Waals surface area contributed by atoms with Gasteiger partial charge in [0, 0.05) is 0 Å². The fourth-order valence-electron chi connectivity index (χ4n) is 3.46. The molecule has 4 atom stereocenters. The van der Waals surface area contributed by atoms with Crippen LogP contribution in [0, 0.1) is 11.8 Å². The van der Waals surface area contributed by atoms with Crippen LogP contribution in [0.4, 0.5) is 0 Å². The van der Waals surface area contributed by atoms with E-state index in [9.17, 15) is 30.0 Å². The van der Waals surface area contributed by atoms with E-state index in [4.69, 9.17) is 9.47 Å². The monoisotopic (exact) mass is 358 g/mol. The second-order valence-electron chi connectivity index (χ2n) is 6.26. The molecule has 2 fully saturated rings. The third kappa shape index (κ3) is 2.30. The third-order valence-corrected chi connectivity index (χ3v) is 4.73. The van der Waals surface area contributed by atoms with Gasteiger partial charge in [0.1, 0.15) is 24.0 Å². The SMILES string of the molecule is O=C1O[C@H](c2ccc(O)c(O)c2)[C@H]2C(=O)O[C@H](c3ccc(O)c(O)c3)[C@@H]12. The molecule has 0 amide bonds. The molecule has 0 aliphatic carbocycles. The molecule has 4 rings (SSSR count). The maximum atomic E-state index is 12.4. The average molecular weight is 358 g/mol. The van der Waals surface area contributed by atoms with Crippen molar-refractivity contribution in [1.29, 1.82) is 0 Å². The first-order valence-electron chi connectivity index (χ1n) is 7.81. The van der Waals surface area contributed by atoms with Gasteiger partial charge in [-0.2, -0.15) is 0 Å². The van der Waals surface area contributed by atoms with Gasteiger partial charge in [0.2, 0.25) is 0 Å². The highest BCUT2D eigenvalue weighted by Crippen LogP contribution is 2.52. The second-order valence-corrected chi connectivity index (χ2v) is 6.26. The first-order valence-corrected chi connectivity index (χ1v) is 7.81. The molecule has 2 aliphatic heterocycles. The number of carbonyl (C=O) groups is 2. The molecule has 0 aromatic heterocycles. The maximum absolute atomic E-state index is 12.4. The van der Waals surface area contributed by atoms with Crippen LogP contribution in [-0.2, 0) is 19.1 Å². The Labute approximate surface area is 146 Å². The summed E-state index contributed by atoms with van der Waals surface area (Å²) in [5.41, 5.74) is 0.708. The van der Waals surface area contributed by atoms with E-state index in [1.807, 2.05) is 0 Å². The van der Waals surface area contributed by atoms with E-state index in [0.717, 1.165) is 0 Å². The first kappa shape index (κ1) is 16.1. The van der Waals surface area contributed by atoms with Gasteiger partial charge in [0.15, 0.2) is 23.0 Å². The Morgan fingerprint density at radius 3 is 1.35 bits per heavy atom. The predicted octanol–water partition coefficient (Wildman–Crippen LogP) is 1.64. The zero-order valence-electron chi connectivity index (χ0n) is 13.2. The lowest BCUT2D eigenvalue weighted by molar-refractivity contribution is -0.154. The van der Waals surface area contributed by atoms with Crippen molar-refractivity contribution in [1.82, 2.24) is 0 Å². The predicted molar refractivity (Wildman–Crippen MR) is 84.2 cm³/mol. The zero-order chi connectivity index (χ0) is 18.6. The van der Waals surface area contributed by atoms with E-state index in [1.165, 1.54) is 36.4 Å². The number of esters is 2. The summed E-state index contributed by atoms with van der Waals surface area (Å²) in [6.07, 6.45) is -1.91. The van der Waals surface area contributed by atoms with Crippen LogP contribution in [0.1, 0.15) is 23.3 Å². The highest BCUT2D eigenvalue weighted by Gasteiger charge is 2.60. The van der Waals surface area contributed by atoms with Crippen LogP contribution in [0.3, 0.4) is 0 Å². The van der Waals surface area contributed by atoms with E-state index in [-0.39, 0.29) is 11.5 Å². The minimum absolute atomic E-state index is 0.332. The normalized spacial score (nSPS) is 27.1. The fourth-order valence-corrected chi connectivity index (χ4v) is 3.46. The van der Waals surface area contributed by atoms with Gasteiger partial charge < -0.3 is 29.9 Å². The molecule has 26 heavy (non-hydrogen) atoms. The summed E-state index contributed by atoms with van der Waals surface area (Å²) in [6.45, 7) is 0. The molecule has 2 aromatic carbocycles. The molecule has 0 radical (unpaired) electrons. The average Bonchev–Trinajstić information content (AvgIpc) is 3.12. The molecule has 2 aromatic rings. The Morgan fingerprint density at radius 2 is 1.00 bits per heavy atom. The minimum Gasteiger partial charge on any atom is -0.504 e. The van der Waals surface area contributed by atoms with Gasteiger partial charge in [-0.1, -0.05) is 12.1 Å². The molecule has 8 nitrogen and oxygen atoms in total. The lowest BCUT2D eigenvalue weighted by atomic mass is 9.84. The lowest BCUT2D eigenvalue weighted by Gasteiger charge is -2.15. The number of hydrogen-bond donors (Lipinski definition) is 4. The summed E-state index contributed by atoms with van der Waals surface area (Å²) in [7, 11) is 0. The molecule has 2 aliphatic rings. The van der Waals surface area contributed by atoms with Gasteiger partial charge in [-0.3, -0.25) is 9.59 Å². The number of cyclic esters (lactones) is 2. The van der Waals surface area contributed by atoms with Crippen molar-refractivity contribution in [2.45, 2.75) is 12.2 Å². The molecule has 2 saturated heterocycles. The molecule has 2 heterocycles. The van der Waals surface area contributed by atoms with Crippen LogP contribution in [0.2, 0.25) is 0 Å². The van der Waals surface area contributed by atoms with Crippen LogP contribution >= 0.6 is 0 Å². The van der Waals surface area contributed by atoms with Crippen molar-refractivity contribution in [3.63, 3.8) is 0 Å². The summed E-state index contributed by atoms with van der Waals surface area (Å²) < 4.78 is 10.7. The molecule has 4 N–H and O–H groups in total. The van der Waals surface area contributed by atoms with Crippen molar-refractivity contribution in [3.8, 4) is 23.0 Å². The summed E-state index contributed by atoms with van der Waals surface area (Å²) in [4.78, 5) is 24.8. The lowest BCUT2D eigenvalue weighted by Crippen LogP contribution is -2.19. The Bertz CT molecular complexity index is 846. The number of hydrogen-bond acceptors (Lipinski definition) is 8. The molecule has 8 heteroatoms. The van der Waals surface area contributed by atoms with E-state index in [2.05, 4.69) is 0 Å². The van der Waals surface area contributed by atoms with E-state index < -0.39 is 47.5 Å². The molecule has 134 valence electrons. The van der Waals surface area contributed by atoms with Gasteiger partial charge in [0.05, 0.1) is 0 Å². The van der Waals surface area contributed by atoms with Gasteiger partial charge in [-0.25, -0.2) is 0 Å². The molecular formula is C18H14O8. The van der Waals surface area contributed by atoms with Crippen molar-refractivity contribution in [3.05, 3.63) is 47.5 Å². The van der Waals surface area contributed by atoms with Crippen LogP contribution in [0.15, 0.2) is 36.4 Å². The van der Waals surface area contributed by atoms with Crippen molar-refractivity contribution < 1.29 is 39.5 Å². The highest BCUT2D eigenvalue weighted by atomic mass is 16.6. The van der Waals surface area contributed by atoms with Crippen LogP contribution in [-0.4, -0.2) is 32.4 Å². The quantitative estimate of drug-likeness (QED) is 0.470. The van der Waals surface area contributed by atoms with Crippen LogP contribution in [0.5, 0.6) is 23.0 Å². The Kier molecular flexibility index (Phi) is 3.43. The maximum Gasteiger partial charge on any atom is 0.314 e. The van der Waals surface area contributed by atoms with Crippen molar-refractivity contribution >= 4 is 11.9 Å². The van der Waals surface area contributed by atoms with Crippen molar-refractivity contribution in [2.75, 3.05) is 0 Å². The standard InChI is InChI=1S/C18H14O8/c19-9-3-1-7(5-11(9)21)15-13-14(18(24)25-15)16(26-17(13)23)8-2-4-10(20)12(22)6-8/h1-6,13-16,19-22H/t13-,14-,15+,16+/m0/s1. The molecule has 0 spiro atoms. The topological polar surface area (TPSA) is 134 Å². The Morgan fingerprint density at radius 1 is 0.615 bits per heavy atom. The van der Waals surface area contributed by atoms with Gasteiger partial charge in [-0.05, 0) is 35.4 Å². The minimum atomic E-state index is -0.956. The number of benzene rings is 2. The summed E-state index contributed by atoms with van der Waals surface area (Å²) in [5.74, 6) is -4.59. The van der Waals surface area contributed by atoms with Crippen molar-refractivity contribution in [2.24, 2.45) is 11.8 Å². The molecular weight excluding hydrogens is 344 g/mol. The zero-order valence-corrected chi connectivity index (χ0v) is 13.2. The summed E-state index contributed by atoms with van der Waals surface area (Å²) >= 11 is 0. The summed E-state index contributed by atoms with van der Waals surface area (Å²) in [6, 6.07) is 7.82. The fraction of sp³-hybridized carbons (Fsp3) is 0.222. The number of fused-ring (bicyclic) bond motifs is 1. The third-order valence-electron chi connectivity index (χ3n) is 4.73. The van der Waals surface area contributed by atoms with E-state index in [0.29, 0.717) is 11.1 Å². The number of ether oxygens (including phenoxy) is 2. The van der Waals surface area contributed by atoms with Gasteiger partial charge >= 0.3 is 11.9 Å². The highest BCUT2D eigenvalue weighted by molar-refractivity contribution is 5.89. The Hall–Kier alpha value is -3.42. The van der Waals surface area contributed by atoms with E-state index in [1.54, 1.807) is 0 Å². The largest absolute Gasteiger partial charge is 0.504 e. The number of aromatic hydroxyl groups is 4. The number of carbonyl (C=O) groups excluding carboxylic acids is 2. The van der Waals surface area contributed by atoms with Gasteiger partial charge in [0.25, 0.3) is 0 Å². The number of rotatable bonds is 2. The van der Waals surface area contributed by atoms with Crippen LogP contribution < -0.4 is 0 Å². The smallest absolute Gasteiger partial charge is 0.314 e.